The summed E-state index contributed by atoms with van der Waals surface area (Å²) < 4.78 is 2.38. The molecule has 8 rings (SSSR count). The summed E-state index contributed by atoms with van der Waals surface area (Å²) >= 11 is 0. The summed E-state index contributed by atoms with van der Waals surface area (Å²) in [5.41, 5.74) is 9.58. The van der Waals surface area contributed by atoms with Gasteiger partial charge in [-0.25, -0.2) is 9.98 Å². The minimum absolute atomic E-state index is 0.489. The molecule has 1 N–H and O–H groups in total. The molecule has 0 saturated carbocycles. The standard InChI is InChI=1S/C46H38N5P.C2H6/c1-31-23-36(46(48-30-32-15-7-4-8-16-32)50-45(47-2)33-17-9-5-10-18-33)25-38(24-31)51-42-22-14-13-21-39(42)40-26-34-29-44(52-3)41(27-35(34)28-43(40)51)49-37-19-11-6-12-20-37;1-2/h4-29,49,52H,2,30H2,1,3H3;1-2H3. The minimum Gasteiger partial charge on any atom is -0.355 e. The van der Waals surface area contributed by atoms with Crippen molar-refractivity contribution in [3.8, 4) is 5.69 Å². The molecule has 0 radical (unpaired) electrons. The summed E-state index contributed by atoms with van der Waals surface area (Å²) in [5, 5.41) is 9.85. The Morgan fingerprint density at radius 3 is 2.04 bits per heavy atom. The zero-order chi connectivity index (χ0) is 37.4. The van der Waals surface area contributed by atoms with Crippen molar-refractivity contribution in [3.05, 3.63) is 180 Å². The van der Waals surface area contributed by atoms with E-state index in [0.717, 1.165) is 50.3 Å². The Labute approximate surface area is 319 Å². The molecule has 5 nitrogen and oxygen atoms in total. The van der Waals surface area contributed by atoms with Crippen LogP contribution in [-0.2, 0) is 6.54 Å². The van der Waals surface area contributed by atoms with Crippen LogP contribution in [-0.4, -0.2) is 29.6 Å². The van der Waals surface area contributed by atoms with Gasteiger partial charge in [0.1, 0.15) is 0 Å². The Balaban J connectivity index is 0.00000221. The van der Waals surface area contributed by atoms with Crippen molar-refractivity contribution in [3.63, 3.8) is 0 Å². The van der Waals surface area contributed by atoms with Crippen molar-refractivity contribution < 1.29 is 0 Å². The van der Waals surface area contributed by atoms with Gasteiger partial charge in [0.25, 0.3) is 0 Å². The lowest BCUT2D eigenvalue weighted by molar-refractivity contribution is 1.06. The predicted octanol–water partition coefficient (Wildman–Crippen LogP) is 12.0. The van der Waals surface area contributed by atoms with Gasteiger partial charge in [-0.3, -0.25) is 4.99 Å². The molecule has 0 amide bonds. The summed E-state index contributed by atoms with van der Waals surface area (Å²) in [6.07, 6.45) is 0. The highest BCUT2D eigenvalue weighted by Gasteiger charge is 2.17. The van der Waals surface area contributed by atoms with E-state index in [1.807, 2.05) is 68.4 Å². The number of aromatic nitrogens is 1. The molecule has 0 bridgehead atoms. The van der Waals surface area contributed by atoms with Gasteiger partial charge in [-0.05, 0) is 108 Å². The van der Waals surface area contributed by atoms with Crippen LogP contribution in [0.3, 0.4) is 0 Å². The van der Waals surface area contributed by atoms with Crippen molar-refractivity contribution in [2.75, 3.05) is 12.0 Å². The number of fused-ring (bicyclic) bond motifs is 4. The highest BCUT2D eigenvalue weighted by atomic mass is 31.1. The van der Waals surface area contributed by atoms with Crippen molar-refractivity contribution >= 4 is 76.2 Å². The SMILES string of the molecule is C=NC(=NC(=NCc1ccccc1)c1cc(C)cc(-n2c3ccccc3c3cc4cc(PC)c(Nc5ccccc5)cc4cc32)c1)c1ccccc1.CC. The molecule has 0 aliphatic rings. The lowest BCUT2D eigenvalue weighted by Crippen LogP contribution is -2.07. The molecule has 7 aromatic carbocycles. The fourth-order valence-electron chi connectivity index (χ4n) is 6.87. The first-order valence-electron chi connectivity index (χ1n) is 18.4. The van der Waals surface area contributed by atoms with Gasteiger partial charge in [0.05, 0.1) is 17.6 Å². The largest absolute Gasteiger partial charge is 0.355 e. The van der Waals surface area contributed by atoms with Gasteiger partial charge in [-0.1, -0.05) is 119 Å². The molecule has 1 unspecified atom stereocenters. The topological polar surface area (TPSA) is 54.0 Å². The smallest absolute Gasteiger partial charge is 0.161 e. The number of aliphatic imine (C=N–C) groups is 3. The Bertz CT molecular complexity index is 2620. The lowest BCUT2D eigenvalue weighted by atomic mass is 10.0. The maximum Gasteiger partial charge on any atom is 0.161 e. The zero-order valence-electron chi connectivity index (χ0n) is 31.2. The highest BCUT2D eigenvalue weighted by Crippen LogP contribution is 2.36. The van der Waals surface area contributed by atoms with E-state index in [1.165, 1.54) is 26.8 Å². The van der Waals surface area contributed by atoms with E-state index in [4.69, 9.17) is 9.98 Å². The Kier molecular flexibility index (Phi) is 11.2. The van der Waals surface area contributed by atoms with E-state index in [9.17, 15) is 0 Å². The first-order chi connectivity index (χ1) is 26.6. The normalized spacial score (nSPS) is 12.0. The second-order valence-electron chi connectivity index (χ2n) is 12.9. The maximum atomic E-state index is 5.09. The number of para-hydroxylation sites is 2. The van der Waals surface area contributed by atoms with E-state index in [1.54, 1.807) is 0 Å². The Morgan fingerprint density at radius 1 is 0.648 bits per heavy atom. The zero-order valence-corrected chi connectivity index (χ0v) is 32.2. The molecule has 0 aliphatic carbocycles. The number of nitrogens with one attached hydrogen (secondary N) is 1. The molecule has 1 heterocycles. The first-order valence-corrected chi connectivity index (χ1v) is 19.9. The van der Waals surface area contributed by atoms with Gasteiger partial charge in [0.2, 0.25) is 0 Å². The molecule has 1 aromatic heterocycles. The molecule has 8 aromatic rings. The monoisotopic (exact) mass is 721 g/mol. The van der Waals surface area contributed by atoms with Crippen LogP contribution in [0.25, 0.3) is 38.3 Å². The molecule has 266 valence electrons. The average Bonchev–Trinajstić information content (AvgIpc) is 3.54. The quantitative estimate of drug-likeness (QED) is 0.0948. The predicted molar refractivity (Wildman–Crippen MR) is 237 cm³/mol. The Hall–Kier alpha value is -6.16. The molecule has 0 aliphatic heterocycles. The minimum atomic E-state index is 0.489. The van der Waals surface area contributed by atoms with E-state index in [2.05, 4.69) is 138 Å². The second-order valence-corrected chi connectivity index (χ2v) is 13.9. The number of benzene rings is 7. The van der Waals surface area contributed by atoms with Crippen LogP contribution in [0.2, 0.25) is 0 Å². The van der Waals surface area contributed by atoms with E-state index in [-0.39, 0.29) is 0 Å². The fourth-order valence-corrected chi connectivity index (χ4v) is 7.57. The molecule has 6 heteroatoms. The number of anilines is 2. The number of rotatable bonds is 8. The van der Waals surface area contributed by atoms with E-state index < -0.39 is 0 Å². The number of amidine groups is 2. The van der Waals surface area contributed by atoms with Crippen LogP contribution in [0.4, 0.5) is 11.4 Å². The second kappa shape index (κ2) is 16.7. The molecule has 54 heavy (non-hydrogen) atoms. The number of nitrogens with zero attached hydrogens (tertiary/aromatic N) is 4. The van der Waals surface area contributed by atoms with Crippen molar-refractivity contribution in [2.45, 2.75) is 27.3 Å². The average molecular weight is 722 g/mol. The first kappa shape index (κ1) is 36.2. The van der Waals surface area contributed by atoms with E-state index in [0.29, 0.717) is 26.8 Å². The molecule has 0 saturated heterocycles. The van der Waals surface area contributed by atoms with Crippen LogP contribution < -0.4 is 10.6 Å². The van der Waals surface area contributed by atoms with E-state index >= 15 is 0 Å². The van der Waals surface area contributed by atoms with Crippen LogP contribution in [0.1, 0.15) is 36.1 Å². The molecular formula is C48H44N5P. The molecule has 0 fully saturated rings. The van der Waals surface area contributed by atoms with Crippen LogP contribution in [0, 0.1) is 6.92 Å². The number of hydrogen-bond donors (Lipinski definition) is 1. The third-order valence-electron chi connectivity index (χ3n) is 9.32. The molecule has 1 atom stereocenters. The summed E-state index contributed by atoms with van der Waals surface area (Å²) in [6, 6.07) is 55.2. The van der Waals surface area contributed by atoms with Crippen LogP contribution >= 0.6 is 8.58 Å². The van der Waals surface area contributed by atoms with Gasteiger partial charge in [-0.2, -0.15) is 0 Å². The van der Waals surface area contributed by atoms with Gasteiger partial charge in [0, 0.05) is 39.0 Å². The van der Waals surface area contributed by atoms with Gasteiger partial charge in [0.15, 0.2) is 11.7 Å². The van der Waals surface area contributed by atoms with Crippen molar-refractivity contribution in [1.82, 2.24) is 4.57 Å². The van der Waals surface area contributed by atoms with Gasteiger partial charge in [-0.15, -0.1) is 0 Å². The van der Waals surface area contributed by atoms with Gasteiger partial charge < -0.3 is 9.88 Å². The summed E-state index contributed by atoms with van der Waals surface area (Å²) in [5.74, 6) is 1.14. The van der Waals surface area contributed by atoms with Crippen molar-refractivity contribution in [1.29, 1.82) is 0 Å². The third kappa shape index (κ3) is 7.64. The van der Waals surface area contributed by atoms with Crippen LogP contribution in [0.5, 0.6) is 0 Å². The Morgan fingerprint density at radius 2 is 1.31 bits per heavy atom. The molecule has 0 spiro atoms. The summed E-state index contributed by atoms with van der Waals surface area (Å²) in [6.45, 7) is 12.7. The van der Waals surface area contributed by atoms with Crippen molar-refractivity contribution in [2.24, 2.45) is 15.0 Å². The lowest BCUT2D eigenvalue weighted by Gasteiger charge is -2.15. The molecular weight excluding hydrogens is 678 g/mol. The third-order valence-corrected chi connectivity index (χ3v) is 10.3. The number of hydrogen-bond acceptors (Lipinski definition) is 2. The fraction of sp³-hybridized carbons (Fsp3) is 0.104. The summed E-state index contributed by atoms with van der Waals surface area (Å²) in [7, 11) is 0.658. The number of aryl methyl sites for hydroxylation is 1. The van der Waals surface area contributed by atoms with Gasteiger partial charge >= 0.3 is 0 Å². The highest BCUT2D eigenvalue weighted by molar-refractivity contribution is 7.46. The summed E-state index contributed by atoms with van der Waals surface area (Å²) in [4.78, 5) is 14.5. The van der Waals surface area contributed by atoms with Crippen LogP contribution in [0.15, 0.2) is 173 Å². The maximum absolute atomic E-state index is 5.09.